The standard InChI is InChI=1S/C19H30F3N5/c1-15(14-27-10-8-26(3)9-11-27)12-24-18(23-2)25-13-16-4-6-17(7-5-16)19(20,21)22/h4-7,15H,8-14H2,1-3H3,(H2,23,24,25). The quantitative estimate of drug-likeness (QED) is 0.582. The van der Waals surface area contributed by atoms with Crippen LogP contribution in [0.4, 0.5) is 13.2 Å². The van der Waals surface area contributed by atoms with E-state index in [0.717, 1.165) is 57.0 Å². The lowest BCUT2D eigenvalue weighted by Gasteiger charge is -2.34. The summed E-state index contributed by atoms with van der Waals surface area (Å²) in [7, 11) is 3.84. The smallest absolute Gasteiger partial charge is 0.356 e. The Kier molecular flexibility index (Phi) is 7.91. The van der Waals surface area contributed by atoms with Crippen molar-refractivity contribution in [2.75, 3.05) is 53.4 Å². The van der Waals surface area contributed by atoms with Crippen LogP contribution in [-0.2, 0) is 12.7 Å². The maximum absolute atomic E-state index is 12.6. The highest BCUT2D eigenvalue weighted by Gasteiger charge is 2.29. The van der Waals surface area contributed by atoms with Crippen LogP contribution in [0.1, 0.15) is 18.1 Å². The van der Waals surface area contributed by atoms with Crippen LogP contribution in [-0.4, -0.2) is 69.1 Å². The minimum atomic E-state index is -4.30. The molecular weight excluding hydrogens is 355 g/mol. The number of rotatable bonds is 6. The van der Waals surface area contributed by atoms with E-state index in [2.05, 4.69) is 39.4 Å². The average Bonchev–Trinajstić information content (AvgIpc) is 2.63. The summed E-state index contributed by atoms with van der Waals surface area (Å²) < 4.78 is 37.8. The molecule has 27 heavy (non-hydrogen) atoms. The third kappa shape index (κ3) is 7.38. The Balaban J connectivity index is 1.72. The zero-order chi connectivity index (χ0) is 19.9. The van der Waals surface area contributed by atoms with Crippen LogP contribution in [0, 0.1) is 5.92 Å². The Morgan fingerprint density at radius 1 is 1.11 bits per heavy atom. The monoisotopic (exact) mass is 385 g/mol. The molecule has 0 spiro atoms. The lowest BCUT2D eigenvalue weighted by atomic mass is 10.1. The number of nitrogens with one attached hydrogen (secondary N) is 2. The van der Waals surface area contributed by atoms with Crippen molar-refractivity contribution in [1.29, 1.82) is 0 Å². The van der Waals surface area contributed by atoms with Gasteiger partial charge < -0.3 is 20.4 Å². The first-order chi connectivity index (χ1) is 12.8. The molecule has 0 radical (unpaired) electrons. The van der Waals surface area contributed by atoms with Crippen molar-refractivity contribution in [1.82, 2.24) is 20.4 Å². The largest absolute Gasteiger partial charge is 0.416 e. The number of hydrogen-bond donors (Lipinski definition) is 2. The average molecular weight is 385 g/mol. The molecule has 0 saturated carbocycles. The fraction of sp³-hybridized carbons (Fsp3) is 0.632. The van der Waals surface area contributed by atoms with E-state index in [4.69, 9.17) is 0 Å². The summed E-state index contributed by atoms with van der Waals surface area (Å²) in [5.41, 5.74) is 0.142. The molecule has 2 N–H and O–H groups in total. The van der Waals surface area contributed by atoms with Crippen molar-refractivity contribution in [2.24, 2.45) is 10.9 Å². The molecule has 0 aliphatic carbocycles. The first-order valence-electron chi connectivity index (χ1n) is 9.29. The van der Waals surface area contributed by atoms with Gasteiger partial charge in [-0.25, -0.2) is 0 Å². The Labute approximate surface area is 159 Å². The van der Waals surface area contributed by atoms with Crippen molar-refractivity contribution in [3.8, 4) is 0 Å². The highest BCUT2D eigenvalue weighted by Crippen LogP contribution is 2.29. The SMILES string of the molecule is CN=C(NCc1ccc(C(F)(F)F)cc1)NCC(C)CN1CCN(C)CC1. The third-order valence-corrected chi connectivity index (χ3v) is 4.75. The Hall–Kier alpha value is -1.80. The van der Waals surface area contributed by atoms with Crippen LogP contribution in [0.15, 0.2) is 29.3 Å². The van der Waals surface area contributed by atoms with Gasteiger partial charge in [0.15, 0.2) is 5.96 Å². The van der Waals surface area contributed by atoms with E-state index in [-0.39, 0.29) is 0 Å². The maximum atomic E-state index is 12.6. The molecule has 1 aromatic carbocycles. The van der Waals surface area contributed by atoms with Gasteiger partial charge in [-0.05, 0) is 30.7 Å². The van der Waals surface area contributed by atoms with Gasteiger partial charge in [0.2, 0.25) is 0 Å². The summed E-state index contributed by atoms with van der Waals surface area (Å²) in [5.74, 6) is 1.12. The highest BCUT2D eigenvalue weighted by molar-refractivity contribution is 5.79. The van der Waals surface area contributed by atoms with Crippen LogP contribution in [0.2, 0.25) is 0 Å². The predicted molar refractivity (Wildman–Crippen MR) is 103 cm³/mol. The lowest BCUT2D eigenvalue weighted by molar-refractivity contribution is -0.137. The van der Waals surface area contributed by atoms with E-state index in [0.29, 0.717) is 18.4 Å². The van der Waals surface area contributed by atoms with E-state index in [1.54, 1.807) is 7.05 Å². The molecule has 0 aromatic heterocycles. The summed E-state index contributed by atoms with van der Waals surface area (Å²) in [6, 6.07) is 5.18. The first kappa shape index (κ1) is 21.5. The van der Waals surface area contributed by atoms with Gasteiger partial charge >= 0.3 is 6.18 Å². The zero-order valence-electron chi connectivity index (χ0n) is 16.3. The van der Waals surface area contributed by atoms with E-state index in [1.807, 2.05) is 0 Å². The molecule has 1 aliphatic rings. The molecule has 0 amide bonds. The summed E-state index contributed by atoms with van der Waals surface area (Å²) in [6.07, 6.45) is -4.30. The third-order valence-electron chi connectivity index (χ3n) is 4.75. The number of hydrogen-bond acceptors (Lipinski definition) is 3. The topological polar surface area (TPSA) is 42.9 Å². The minimum Gasteiger partial charge on any atom is -0.356 e. The van der Waals surface area contributed by atoms with Gasteiger partial charge in [0.05, 0.1) is 5.56 Å². The molecule has 1 aromatic rings. The number of aliphatic imine (C=N–C) groups is 1. The normalized spacial score (nSPS) is 18.4. The van der Waals surface area contributed by atoms with Gasteiger partial charge in [0.25, 0.3) is 0 Å². The van der Waals surface area contributed by atoms with Crippen LogP contribution in [0.25, 0.3) is 0 Å². The molecule has 152 valence electrons. The second kappa shape index (κ2) is 9.94. The van der Waals surface area contributed by atoms with Gasteiger partial charge in [0, 0.05) is 52.9 Å². The number of nitrogens with zero attached hydrogens (tertiary/aromatic N) is 3. The fourth-order valence-electron chi connectivity index (χ4n) is 3.02. The predicted octanol–water partition coefficient (Wildman–Crippen LogP) is 2.25. The summed E-state index contributed by atoms with van der Waals surface area (Å²) >= 11 is 0. The molecule has 1 atom stereocenters. The van der Waals surface area contributed by atoms with Crippen LogP contribution < -0.4 is 10.6 Å². The van der Waals surface area contributed by atoms with Crippen molar-refractivity contribution in [3.63, 3.8) is 0 Å². The minimum absolute atomic E-state index is 0.421. The molecule has 1 aliphatic heterocycles. The molecule has 1 saturated heterocycles. The maximum Gasteiger partial charge on any atom is 0.416 e. The number of piperazine rings is 1. The fourth-order valence-corrected chi connectivity index (χ4v) is 3.02. The Bertz CT molecular complexity index is 592. The van der Waals surface area contributed by atoms with Crippen LogP contribution in [0.3, 0.4) is 0 Å². The van der Waals surface area contributed by atoms with Crippen molar-refractivity contribution in [3.05, 3.63) is 35.4 Å². The van der Waals surface area contributed by atoms with E-state index < -0.39 is 11.7 Å². The number of guanidine groups is 1. The second-order valence-electron chi connectivity index (χ2n) is 7.21. The Morgan fingerprint density at radius 2 is 1.74 bits per heavy atom. The zero-order valence-corrected chi connectivity index (χ0v) is 16.3. The number of benzene rings is 1. The van der Waals surface area contributed by atoms with Gasteiger partial charge in [-0.15, -0.1) is 0 Å². The Morgan fingerprint density at radius 3 is 2.30 bits per heavy atom. The number of likely N-dealkylation sites (N-methyl/N-ethyl adjacent to an activating group) is 1. The van der Waals surface area contributed by atoms with Crippen molar-refractivity contribution in [2.45, 2.75) is 19.6 Å². The lowest BCUT2D eigenvalue weighted by Crippen LogP contribution is -2.47. The molecule has 1 heterocycles. The van der Waals surface area contributed by atoms with Gasteiger partial charge in [-0.2, -0.15) is 13.2 Å². The van der Waals surface area contributed by atoms with Gasteiger partial charge in [-0.1, -0.05) is 19.1 Å². The van der Waals surface area contributed by atoms with Crippen LogP contribution in [0.5, 0.6) is 0 Å². The van der Waals surface area contributed by atoms with Gasteiger partial charge in [0.1, 0.15) is 0 Å². The highest BCUT2D eigenvalue weighted by atomic mass is 19.4. The molecular formula is C19H30F3N5. The number of halogens is 3. The van der Waals surface area contributed by atoms with Crippen molar-refractivity contribution >= 4 is 5.96 Å². The van der Waals surface area contributed by atoms with Crippen molar-refractivity contribution < 1.29 is 13.2 Å². The van der Waals surface area contributed by atoms with E-state index in [9.17, 15) is 13.2 Å². The van der Waals surface area contributed by atoms with Gasteiger partial charge in [-0.3, -0.25) is 4.99 Å². The first-order valence-corrected chi connectivity index (χ1v) is 9.29. The number of alkyl halides is 3. The molecule has 1 fully saturated rings. The molecule has 0 bridgehead atoms. The molecule has 2 rings (SSSR count). The summed E-state index contributed by atoms with van der Waals surface area (Å²) in [6.45, 7) is 8.87. The molecule has 8 heteroatoms. The molecule has 5 nitrogen and oxygen atoms in total. The second-order valence-corrected chi connectivity index (χ2v) is 7.21. The summed E-state index contributed by atoms with van der Waals surface area (Å²) in [4.78, 5) is 9.00. The van der Waals surface area contributed by atoms with E-state index >= 15 is 0 Å². The molecule has 1 unspecified atom stereocenters. The van der Waals surface area contributed by atoms with Crippen LogP contribution >= 0.6 is 0 Å². The van der Waals surface area contributed by atoms with E-state index in [1.165, 1.54) is 12.1 Å². The summed E-state index contributed by atoms with van der Waals surface area (Å²) in [5, 5.41) is 6.44.